The Balaban J connectivity index is 1.80. The van der Waals surface area contributed by atoms with Crippen molar-refractivity contribution in [2.75, 3.05) is 13.3 Å². The molecule has 1 aliphatic rings. The van der Waals surface area contributed by atoms with Gasteiger partial charge in [-0.25, -0.2) is 0 Å². The average Bonchev–Trinajstić information content (AvgIpc) is 2.77. The molecule has 1 aliphatic heterocycles. The summed E-state index contributed by atoms with van der Waals surface area (Å²) in [6.45, 7) is 1.61. The first-order valence-electron chi connectivity index (χ1n) is 5.57. The summed E-state index contributed by atoms with van der Waals surface area (Å²) in [5.41, 5.74) is 1.04. The molecule has 2 N–H and O–H groups in total. The van der Waals surface area contributed by atoms with Crippen LogP contribution in [-0.2, 0) is 11.3 Å². The molecular weight excluding hydrogens is 222 g/mol. The minimum Gasteiger partial charge on any atom is -0.481 e. The van der Waals surface area contributed by atoms with E-state index in [-0.39, 0.29) is 13.2 Å². The van der Waals surface area contributed by atoms with Crippen LogP contribution in [0.2, 0.25) is 0 Å². The first kappa shape index (κ1) is 11.7. The fourth-order valence-corrected chi connectivity index (χ4v) is 1.72. The monoisotopic (exact) mass is 237 g/mol. The average molecular weight is 237 g/mol. The molecular formula is C12H15NO4. The summed E-state index contributed by atoms with van der Waals surface area (Å²) in [7, 11) is 0. The van der Waals surface area contributed by atoms with E-state index in [0.717, 1.165) is 17.1 Å². The van der Waals surface area contributed by atoms with Crippen molar-refractivity contribution in [3.05, 3.63) is 23.8 Å². The third kappa shape index (κ3) is 3.10. The van der Waals surface area contributed by atoms with Crippen LogP contribution >= 0.6 is 0 Å². The summed E-state index contributed by atoms with van der Waals surface area (Å²) in [4.78, 5) is 10.3. The van der Waals surface area contributed by atoms with E-state index < -0.39 is 5.97 Å². The lowest BCUT2D eigenvalue weighted by atomic mass is 10.2. The van der Waals surface area contributed by atoms with Gasteiger partial charge in [-0.3, -0.25) is 4.79 Å². The van der Waals surface area contributed by atoms with Crippen LogP contribution in [0.25, 0.3) is 0 Å². The molecule has 0 aliphatic carbocycles. The Hall–Kier alpha value is -1.75. The molecule has 0 radical (unpaired) electrons. The Bertz CT molecular complexity index is 405. The van der Waals surface area contributed by atoms with E-state index in [9.17, 15) is 4.79 Å². The first-order valence-corrected chi connectivity index (χ1v) is 5.57. The summed E-state index contributed by atoms with van der Waals surface area (Å²) >= 11 is 0. The maximum atomic E-state index is 10.3. The van der Waals surface area contributed by atoms with Crippen LogP contribution in [0.5, 0.6) is 11.5 Å². The van der Waals surface area contributed by atoms with Crippen molar-refractivity contribution >= 4 is 5.97 Å². The molecule has 5 nitrogen and oxygen atoms in total. The van der Waals surface area contributed by atoms with Crippen LogP contribution in [0, 0.1) is 0 Å². The van der Waals surface area contributed by atoms with Crippen LogP contribution in [0.4, 0.5) is 0 Å². The van der Waals surface area contributed by atoms with Gasteiger partial charge < -0.3 is 19.9 Å². The van der Waals surface area contributed by atoms with Crippen molar-refractivity contribution in [3.63, 3.8) is 0 Å². The van der Waals surface area contributed by atoms with Crippen molar-refractivity contribution < 1.29 is 19.4 Å². The molecule has 0 fully saturated rings. The molecule has 5 heteroatoms. The Morgan fingerprint density at radius 2 is 2.29 bits per heavy atom. The number of benzene rings is 1. The predicted molar refractivity (Wildman–Crippen MR) is 61.1 cm³/mol. The first-order chi connectivity index (χ1) is 8.27. The van der Waals surface area contributed by atoms with Crippen molar-refractivity contribution in [3.8, 4) is 11.5 Å². The normalized spacial score (nSPS) is 12.7. The standard InChI is InChI=1S/C12H15NO4/c14-11(15)5-2-6-13-7-9-3-1-4-10-12(9)17-8-16-10/h1,3-4,13H,2,5-8H2,(H,14,15). The number of ether oxygens (including phenoxy) is 2. The molecule has 0 unspecified atom stereocenters. The highest BCUT2D eigenvalue weighted by molar-refractivity contribution is 5.66. The van der Waals surface area contributed by atoms with Crippen molar-refractivity contribution in [1.29, 1.82) is 0 Å². The quantitative estimate of drug-likeness (QED) is 0.731. The Morgan fingerprint density at radius 3 is 3.12 bits per heavy atom. The Kier molecular flexibility index (Phi) is 3.82. The van der Waals surface area contributed by atoms with E-state index in [2.05, 4.69) is 5.32 Å². The number of hydrogen-bond acceptors (Lipinski definition) is 4. The van der Waals surface area contributed by atoms with Gasteiger partial charge >= 0.3 is 5.97 Å². The number of nitrogens with one attached hydrogen (secondary N) is 1. The number of hydrogen-bond donors (Lipinski definition) is 2. The number of rotatable bonds is 6. The molecule has 1 aromatic carbocycles. The number of carbonyl (C=O) groups is 1. The van der Waals surface area contributed by atoms with Crippen LogP contribution in [0.1, 0.15) is 18.4 Å². The topological polar surface area (TPSA) is 67.8 Å². The van der Waals surface area contributed by atoms with E-state index in [1.54, 1.807) is 0 Å². The number of carboxylic acids is 1. The fraction of sp³-hybridized carbons (Fsp3) is 0.417. The molecule has 0 amide bonds. The number of para-hydroxylation sites is 1. The van der Waals surface area contributed by atoms with Gasteiger partial charge in [0, 0.05) is 18.5 Å². The van der Waals surface area contributed by atoms with Crippen molar-refractivity contribution in [2.45, 2.75) is 19.4 Å². The van der Waals surface area contributed by atoms with Crippen LogP contribution in [0.15, 0.2) is 18.2 Å². The smallest absolute Gasteiger partial charge is 0.303 e. The minimum absolute atomic E-state index is 0.194. The molecule has 0 aromatic heterocycles. The lowest BCUT2D eigenvalue weighted by Gasteiger charge is -2.06. The molecule has 0 saturated heterocycles. The minimum atomic E-state index is -0.760. The van der Waals surface area contributed by atoms with E-state index in [1.165, 1.54) is 0 Å². The molecule has 0 spiro atoms. The number of aliphatic carboxylic acids is 1. The lowest BCUT2D eigenvalue weighted by molar-refractivity contribution is -0.137. The largest absolute Gasteiger partial charge is 0.481 e. The Labute approximate surface area is 99.3 Å². The van der Waals surface area contributed by atoms with Gasteiger partial charge in [-0.2, -0.15) is 0 Å². The zero-order valence-electron chi connectivity index (χ0n) is 9.44. The number of fused-ring (bicyclic) bond motifs is 1. The van der Waals surface area contributed by atoms with Gasteiger partial charge in [-0.05, 0) is 19.0 Å². The maximum absolute atomic E-state index is 10.3. The van der Waals surface area contributed by atoms with Gasteiger partial charge in [0.1, 0.15) is 0 Å². The van der Waals surface area contributed by atoms with E-state index in [0.29, 0.717) is 19.5 Å². The second kappa shape index (κ2) is 5.54. The molecule has 0 bridgehead atoms. The molecule has 2 rings (SSSR count). The highest BCUT2D eigenvalue weighted by Crippen LogP contribution is 2.35. The predicted octanol–water partition coefficient (Wildman–Crippen LogP) is 1.37. The SMILES string of the molecule is O=C(O)CCCNCc1cccc2c1OCO2. The van der Waals surface area contributed by atoms with Gasteiger partial charge in [0.05, 0.1) is 0 Å². The van der Waals surface area contributed by atoms with Gasteiger partial charge in [0.2, 0.25) is 6.79 Å². The molecule has 0 saturated carbocycles. The summed E-state index contributed by atoms with van der Waals surface area (Å²) < 4.78 is 10.6. The zero-order valence-corrected chi connectivity index (χ0v) is 9.44. The zero-order chi connectivity index (χ0) is 12.1. The molecule has 1 heterocycles. The molecule has 0 atom stereocenters. The fourth-order valence-electron chi connectivity index (χ4n) is 1.72. The van der Waals surface area contributed by atoms with Crippen LogP contribution < -0.4 is 14.8 Å². The second-order valence-corrected chi connectivity index (χ2v) is 3.82. The van der Waals surface area contributed by atoms with E-state index in [4.69, 9.17) is 14.6 Å². The molecule has 17 heavy (non-hydrogen) atoms. The molecule has 1 aromatic rings. The van der Waals surface area contributed by atoms with Gasteiger partial charge in [-0.15, -0.1) is 0 Å². The van der Waals surface area contributed by atoms with Crippen LogP contribution in [0.3, 0.4) is 0 Å². The van der Waals surface area contributed by atoms with Gasteiger partial charge in [-0.1, -0.05) is 12.1 Å². The van der Waals surface area contributed by atoms with Gasteiger partial charge in [0.25, 0.3) is 0 Å². The van der Waals surface area contributed by atoms with Crippen LogP contribution in [-0.4, -0.2) is 24.4 Å². The third-order valence-electron chi connectivity index (χ3n) is 2.54. The second-order valence-electron chi connectivity index (χ2n) is 3.82. The summed E-state index contributed by atoms with van der Waals surface area (Å²) in [5, 5.41) is 11.7. The lowest BCUT2D eigenvalue weighted by Crippen LogP contribution is -2.16. The van der Waals surface area contributed by atoms with E-state index >= 15 is 0 Å². The maximum Gasteiger partial charge on any atom is 0.303 e. The molecule has 92 valence electrons. The van der Waals surface area contributed by atoms with Gasteiger partial charge in [0.15, 0.2) is 11.5 Å². The summed E-state index contributed by atoms with van der Waals surface area (Å²) in [6.07, 6.45) is 0.821. The van der Waals surface area contributed by atoms with E-state index in [1.807, 2.05) is 18.2 Å². The number of carboxylic acid groups (broad SMARTS) is 1. The highest BCUT2D eigenvalue weighted by atomic mass is 16.7. The summed E-state index contributed by atoms with van der Waals surface area (Å²) in [6, 6.07) is 5.76. The van der Waals surface area contributed by atoms with Crippen molar-refractivity contribution in [2.24, 2.45) is 0 Å². The highest BCUT2D eigenvalue weighted by Gasteiger charge is 2.16. The summed E-state index contributed by atoms with van der Waals surface area (Å²) in [5.74, 6) is 0.803. The Morgan fingerprint density at radius 1 is 1.41 bits per heavy atom. The third-order valence-corrected chi connectivity index (χ3v) is 2.54. The van der Waals surface area contributed by atoms with Crippen molar-refractivity contribution in [1.82, 2.24) is 5.32 Å².